The third-order valence-electron chi connectivity index (χ3n) is 3.66. The van der Waals surface area contributed by atoms with E-state index in [-0.39, 0.29) is 31.4 Å². The first kappa shape index (κ1) is 16.8. The van der Waals surface area contributed by atoms with Crippen LogP contribution in [0.1, 0.15) is 12.0 Å². The first-order valence-electron chi connectivity index (χ1n) is 8.04. The number of hydrogen-bond donors (Lipinski definition) is 2. The Morgan fingerprint density at radius 3 is 2.76 bits per heavy atom. The third-order valence-corrected chi connectivity index (χ3v) is 3.66. The molecule has 1 aromatic heterocycles. The van der Waals surface area contributed by atoms with Gasteiger partial charge in [0.15, 0.2) is 11.5 Å². The molecule has 0 spiro atoms. The van der Waals surface area contributed by atoms with Crippen molar-refractivity contribution < 1.29 is 19.1 Å². The Bertz CT molecular complexity index is 736. The average Bonchev–Trinajstić information content (AvgIpc) is 2.66. The predicted molar refractivity (Wildman–Crippen MR) is 90.1 cm³/mol. The molecule has 2 aromatic rings. The van der Waals surface area contributed by atoms with Crippen LogP contribution >= 0.6 is 0 Å². The summed E-state index contributed by atoms with van der Waals surface area (Å²) >= 11 is 0. The Balaban J connectivity index is 1.37. The number of amides is 2. The van der Waals surface area contributed by atoms with E-state index in [9.17, 15) is 9.59 Å². The summed E-state index contributed by atoms with van der Waals surface area (Å²) in [5.74, 6) is 0.731. The van der Waals surface area contributed by atoms with Gasteiger partial charge >= 0.3 is 0 Å². The first-order chi connectivity index (χ1) is 12.2. The Morgan fingerprint density at radius 1 is 1.12 bits per heavy atom. The molecule has 2 heterocycles. The quantitative estimate of drug-likeness (QED) is 0.820. The minimum atomic E-state index is -0.714. The summed E-state index contributed by atoms with van der Waals surface area (Å²) in [5.41, 5.74) is 0.923. The number of pyridine rings is 1. The van der Waals surface area contributed by atoms with Crippen LogP contribution in [0.2, 0.25) is 0 Å². The summed E-state index contributed by atoms with van der Waals surface area (Å²) in [7, 11) is 0. The normalized spacial score (nSPS) is 15.3. The number of para-hydroxylation sites is 2. The molecule has 3 rings (SSSR count). The molecule has 2 amide bonds. The fourth-order valence-corrected chi connectivity index (χ4v) is 2.35. The molecule has 130 valence electrons. The molecule has 0 saturated heterocycles. The zero-order valence-electron chi connectivity index (χ0n) is 13.6. The highest BCUT2D eigenvalue weighted by molar-refractivity contribution is 5.82. The van der Waals surface area contributed by atoms with Crippen LogP contribution in [0.25, 0.3) is 0 Å². The number of nitrogens with zero attached hydrogens (tertiary/aromatic N) is 1. The molecule has 0 bridgehead atoms. The highest BCUT2D eigenvalue weighted by atomic mass is 16.6. The molecule has 0 unspecified atom stereocenters. The summed E-state index contributed by atoms with van der Waals surface area (Å²) in [6.45, 7) is 0.798. The van der Waals surface area contributed by atoms with Crippen LogP contribution < -0.4 is 20.1 Å². The van der Waals surface area contributed by atoms with E-state index in [0.29, 0.717) is 18.0 Å². The summed E-state index contributed by atoms with van der Waals surface area (Å²) in [6.07, 6.45) is 2.85. The molecule has 1 aliphatic heterocycles. The number of aromatic nitrogens is 1. The summed E-state index contributed by atoms with van der Waals surface area (Å²) < 4.78 is 11.1. The van der Waals surface area contributed by atoms with Crippen LogP contribution in [0, 0.1) is 0 Å². The van der Waals surface area contributed by atoms with Gasteiger partial charge in [0.1, 0.15) is 6.61 Å². The smallest absolute Gasteiger partial charge is 0.264 e. The van der Waals surface area contributed by atoms with Crippen LogP contribution in [0.4, 0.5) is 0 Å². The van der Waals surface area contributed by atoms with E-state index in [2.05, 4.69) is 15.6 Å². The third kappa shape index (κ3) is 4.69. The summed E-state index contributed by atoms with van der Waals surface area (Å²) in [5, 5.41) is 5.47. The average molecular weight is 341 g/mol. The van der Waals surface area contributed by atoms with Gasteiger partial charge in [-0.25, -0.2) is 0 Å². The second-order valence-electron chi connectivity index (χ2n) is 5.54. The monoisotopic (exact) mass is 341 g/mol. The standard InChI is InChI=1S/C18H19N3O4/c22-17(21-11-13-4-3-8-19-10-13)7-9-20-18(23)16-12-24-14-5-1-2-6-15(14)25-16/h1-6,8,10,16H,7,9,11-12H2,(H,20,23)(H,21,22)/t16-/m1/s1. The van der Waals surface area contributed by atoms with Crippen molar-refractivity contribution in [3.63, 3.8) is 0 Å². The van der Waals surface area contributed by atoms with Gasteiger partial charge in [0.05, 0.1) is 0 Å². The number of ether oxygens (including phenoxy) is 2. The number of carbonyl (C=O) groups is 2. The lowest BCUT2D eigenvalue weighted by atomic mass is 10.2. The van der Waals surface area contributed by atoms with Crippen molar-refractivity contribution in [2.75, 3.05) is 13.2 Å². The Morgan fingerprint density at radius 2 is 1.96 bits per heavy atom. The lowest BCUT2D eigenvalue weighted by Gasteiger charge is -2.25. The molecule has 0 saturated carbocycles. The zero-order valence-corrected chi connectivity index (χ0v) is 13.6. The lowest BCUT2D eigenvalue weighted by molar-refractivity contribution is -0.130. The van der Waals surface area contributed by atoms with Crippen molar-refractivity contribution in [1.82, 2.24) is 15.6 Å². The number of hydrogen-bond acceptors (Lipinski definition) is 5. The maximum Gasteiger partial charge on any atom is 0.264 e. The Hall–Kier alpha value is -3.09. The number of rotatable bonds is 6. The molecular formula is C18H19N3O4. The molecule has 0 fully saturated rings. The summed E-state index contributed by atoms with van der Waals surface area (Å²) in [6, 6.07) is 10.9. The second kappa shape index (κ2) is 8.14. The van der Waals surface area contributed by atoms with Gasteiger partial charge in [-0.3, -0.25) is 14.6 Å². The van der Waals surface area contributed by atoms with Crippen LogP contribution in [0.15, 0.2) is 48.8 Å². The molecular weight excluding hydrogens is 322 g/mol. The highest BCUT2D eigenvalue weighted by Gasteiger charge is 2.26. The molecule has 7 heteroatoms. The van der Waals surface area contributed by atoms with E-state index in [0.717, 1.165) is 5.56 Å². The van der Waals surface area contributed by atoms with Gasteiger partial charge in [0.25, 0.3) is 5.91 Å². The number of fused-ring (bicyclic) bond motifs is 1. The molecule has 1 aromatic carbocycles. The molecule has 0 aliphatic carbocycles. The van der Waals surface area contributed by atoms with E-state index >= 15 is 0 Å². The summed E-state index contributed by atoms with van der Waals surface area (Å²) in [4.78, 5) is 27.9. The van der Waals surface area contributed by atoms with E-state index in [1.807, 2.05) is 24.3 Å². The van der Waals surface area contributed by atoms with Gasteiger partial charge in [-0.15, -0.1) is 0 Å². The number of nitrogens with one attached hydrogen (secondary N) is 2. The number of carbonyl (C=O) groups excluding carboxylic acids is 2. The van der Waals surface area contributed by atoms with E-state index < -0.39 is 6.10 Å². The van der Waals surface area contributed by atoms with Crippen LogP contribution in [-0.2, 0) is 16.1 Å². The van der Waals surface area contributed by atoms with Gasteiger partial charge in [-0.05, 0) is 23.8 Å². The van der Waals surface area contributed by atoms with E-state index in [1.54, 1.807) is 24.5 Å². The maximum atomic E-state index is 12.1. The second-order valence-corrected chi connectivity index (χ2v) is 5.54. The SMILES string of the molecule is O=C(CCNC(=O)[C@H]1COc2ccccc2O1)NCc1cccnc1. The van der Waals surface area contributed by atoms with Crippen molar-refractivity contribution in [3.8, 4) is 11.5 Å². The predicted octanol–water partition coefficient (Wildman–Crippen LogP) is 1.04. The van der Waals surface area contributed by atoms with E-state index in [4.69, 9.17) is 9.47 Å². The molecule has 2 N–H and O–H groups in total. The van der Waals surface area contributed by atoms with Crippen molar-refractivity contribution in [2.45, 2.75) is 19.1 Å². The largest absolute Gasteiger partial charge is 0.485 e. The Kier molecular flexibility index (Phi) is 5.46. The van der Waals surface area contributed by atoms with Crippen molar-refractivity contribution >= 4 is 11.8 Å². The zero-order chi connectivity index (χ0) is 17.5. The van der Waals surface area contributed by atoms with Gasteiger partial charge in [-0.1, -0.05) is 18.2 Å². The van der Waals surface area contributed by atoms with Gasteiger partial charge in [-0.2, -0.15) is 0 Å². The molecule has 0 radical (unpaired) electrons. The Labute approximate surface area is 145 Å². The fraction of sp³-hybridized carbons (Fsp3) is 0.278. The van der Waals surface area contributed by atoms with Crippen molar-refractivity contribution in [2.24, 2.45) is 0 Å². The van der Waals surface area contributed by atoms with Crippen molar-refractivity contribution in [1.29, 1.82) is 0 Å². The van der Waals surface area contributed by atoms with Crippen LogP contribution in [0.5, 0.6) is 11.5 Å². The topological polar surface area (TPSA) is 89.6 Å². The first-order valence-corrected chi connectivity index (χ1v) is 8.04. The van der Waals surface area contributed by atoms with Gasteiger partial charge in [0, 0.05) is 31.9 Å². The maximum absolute atomic E-state index is 12.1. The van der Waals surface area contributed by atoms with Crippen LogP contribution in [0.3, 0.4) is 0 Å². The lowest BCUT2D eigenvalue weighted by Crippen LogP contribution is -2.44. The molecule has 1 aliphatic rings. The fourth-order valence-electron chi connectivity index (χ4n) is 2.35. The minimum Gasteiger partial charge on any atom is -0.485 e. The minimum absolute atomic E-state index is 0.143. The molecule has 1 atom stereocenters. The van der Waals surface area contributed by atoms with E-state index in [1.165, 1.54) is 0 Å². The molecule has 25 heavy (non-hydrogen) atoms. The number of benzene rings is 1. The molecule has 7 nitrogen and oxygen atoms in total. The van der Waals surface area contributed by atoms with Gasteiger partial charge in [0.2, 0.25) is 12.0 Å². The van der Waals surface area contributed by atoms with Crippen molar-refractivity contribution in [3.05, 3.63) is 54.4 Å². The highest BCUT2D eigenvalue weighted by Crippen LogP contribution is 2.30. The van der Waals surface area contributed by atoms with Gasteiger partial charge < -0.3 is 20.1 Å². The van der Waals surface area contributed by atoms with Crippen LogP contribution in [-0.4, -0.2) is 36.1 Å².